The number of hydrogen-bond acceptors (Lipinski definition) is 2. The highest BCUT2D eigenvalue weighted by Crippen LogP contribution is 2.23. The first kappa shape index (κ1) is 13.7. The van der Waals surface area contributed by atoms with Crippen LogP contribution in [0.25, 0.3) is 27.4 Å². The molecule has 3 heteroatoms. The molecular weight excluding hydrogens is 284 g/mol. The van der Waals surface area contributed by atoms with E-state index in [4.69, 9.17) is 4.98 Å². The van der Waals surface area contributed by atoms with Gasteiger partial charge in [0.25, 0.3) is 5.56 Å². The van der Waals surface area contributed by atoms with Crippen molar-refractivity contribution in [3.8, 4) is 5.69 Å². The molecule has 0 spiro atoms. The normalized spacial score (nSPS) is 11.2. The highest BCUT2D eigenvalue weighted by Gasteiger charge is 2.13. The molecule has 112 valence electrons. The number of benzene rings is 3. The fourth-order valence-corrected chi connectivity index (χ4v) is 3.07. The summed E-state index contributed by atoms with van der Waals surface area (Å²) in [7, 11) is 0. The summed E-state index contributed by atoms with van der Waals surface area (Å²) in [5.74, 6) is 0.782. The van der Waals surface area contributed by atoms with Crippen molar-refractivity contribution in [2.45, 2.75) is 13.3 Å². The van der Waals surface area contributed by atoms with Crippen molar-refractivity contribution in [3.05, 3.63) is 82.9 Å². The SMILES string of the molecule is CCc1nc2ccccc2c(=O)n1-c1cccc2ccccc12. The van der Waals surface area contributed by atoms with Gasteiger partial charge in [-0.3, -0.25) is 9.36 Å². The molecule has 1 heterocycles. The highest BCUT2D eigenvalue weighted by molar-refractivity contribution is 5.90. The fourth-order valence-electron chi connectivity index (χ4n) is 3.07. The molecule has 3 aromatic carbocycles. The Balaban J connectivity index is 2.16. The summed E-state index contributed by atoms with van der Waals surface area (Å²) in [5, 5.41) is 2.83. The first-order valence-corrected chi connectivity index (χ1v) is 7.78. The number of aromatic nitrogens is 2. The average Bonchev–Trinajstić information content (AvgIpc) is 2.61. The predicted octanol–water partition coefficient (Wildman–Crippen LogP) is 4.10. The Morgan fingerprint density at radius 3 is 2.39 bits per heavy atom. The monoisotopic (exact) mass is 300 g/mol. The molecule has 3 nitrogen and oxygen atoms in total. The van der Waals surface area contributed by atoms with Crippen LogP contribution in [0.15, 0.2) is 71.5 Å². The molecule has 0 aliphatic rings. The molecule has 4 aromatic rings. The lowest BCUT2D eigenvalue weighted by Crippen LogP contribution is -2.23. The van der Waals surface area contributed by atoms with Crippen molar-refractivity contribution in [2.24, 2.45) is 0 Å². The fraction of sp³-hybridized carbons (Fsp3) is 0.100. The zero-order chi connectivity index (χ0) is 15.8. The first-order valence-electron chi connectivity index (χ1n) is 7.78. The standard InChI is InChI=1S/C20H16N2O/c1-2-19-21-17-12-6-5-11-16(17)20(23)22(19)18-13-7-9-14-8-3-4-10-15(14)18/h3-13H,2H2,1H3. The lowest BCUT2D eigenvalue weighted by molar-refractivity contribution is 0.838. The Hall–Kier alpha value is -2.94. The highest BCUT2D eigenvalue weighted by atomic mass is 16.1. The lowest BCUT2D eigenvalue weighted by atomic mass is 10.1. The smallest absolute Gasteiger partial charge is 0.265 e. The molecule has 0 amide bonds. The van der Waals surface area contributed by atoms with Crippen LogP contribution in [-0.4, -0.2) is 9.55 Å². The van der Waals surface area contributed by atoms with Crippen molar-refractivity contribution >= 4 is 21.7 Å². The van der Waals surface area contributed by atoms with E-state index < -0.39 is 0 Å². The van der Waals surface area contributed by atoms with E-state index in [0.717, 1.165) is 27.8 Å². The lowest BCUT2D eigenvalue weighted by Gasteiger charge is -2.14. The van der Waals surface area contributed by atoms with Crippen molar-refractivity contribution in [3.63, 3.8) is 0 Å². The van der Waals surface area contributed by atoms with Crippen molar-refractivity contribution in [1.29, 1.82) is 0 Å². The van der Waals surface area contributed by atoms with E-state index in [2.05, 4.69) is 12.1 Å². The summed E-state index contributed by atoms with van der Waals surface area (Å²) in [6.45, 7) is 2.03. The van der Waals surface area contributed by atoms with Gasteiger partial charge in [0.2, 0.25) is 0 Å². The number of rotatable bonds is 2. The van der Waals surface area contributed by atoms with Gasteiger partial charge in [-0.1, -0.05) is 55.5 Å². The molecule has 0 fully saturated rings. The molecule has 4 rings (SSSR count). The van der Waals surface area contributed by atoms with Gasteiger partial charge in [0.05, 0.1) is 16.6 Å². The van der Waals surface area contributed by atoms with Crippen molar-refractivity contribution < 1.29 is 0 Å². The van der Waals surface area contributed by atoms with Gasteiger partial charge in [-0.15, -0.1) is 0 Å². The molecule has 0 aliphatic carbocycles. The molecule has 0 N–H and O–H groups in total. The van der Waals surface area contributed by atoms with Crippen LogP contribution in [0, 0.1) is 0 Å². The number of aryl methyl sites for hydroxylation is 1. The minimum Gasteiger partial charge on any atom is -0.268 e. The van der Waals surface area contributed by atoms with Gasteiger partial charge in [-0.05, 0) is 23.6 Å². The molecule has 0 unspecified atom stereocenters. The Morgan fingerprint density at radius 2 is 1.57 bits per heavy atom. The van der Waals surface area contributed by atoms with Gasteiger partial charge < -0.3 is 0 Å². The molecule has 0 atom stereocenters. The molecular formula is C20H16N2O. The van der Waals surface area contributed by atoms with Crippen LogP contribution in [0.3, 0.4) is 0 Å². The summed E-state index contributed by atoms with van der Waals surface area (Å²) >= 11 is 0. The van der Waals surface area contributed by atoms with E-state index in [0.29, 0.717) is 11.8 Å². The quantitative estimate of drug-likeness (QED) is 0.558. The van der Waals surface area contributed by atoms with Crippen LogP contribution in [0.2, 0.25) is 0 Å². The van der Waals surface area contributed by atoms with Crippen LogP contribution in [0.4, 0.5) is 0 Å². The third-order valence-corrected chi connectivity index (χ3v) is 4.17. The summed E-state index contributed by atoms with van der Waals surface area (Å²) in [4.78, 5) is 17.8. The van der Waals surface area contributed by atoms with Gasteiger partial charge in [0, 0.05) is 11.8 Å². The number of hydrogen-bond donors (Lipinski definition) is 0. The van der Waals surface area contributed by atoms with E-state index in [1.54, 1.807) is 4.57 Å². The number of para-hydroxylation sites is 1. The van der Waals surface area contributed by atoms with Crippen LogP contribution in [-0.2, 0) is 6.42 Å². The van der Waals surface area contributed by atoms with E-state index in [9.17, 15) is 4.79 Å². The van der Waals surface area contributed by atoms with Gasteiger partial charge >= 0.3 is 0 Å². The van der Waals surface area contributed by atoms with Crippen LogP contribution in [0.5, 0.6) is 0 Å². The maximum atomic E-state index is 13.1. The summed E-state index contributed by atoms with van der Waals surface area (Å²) < 4.78 is 1.75. The topological polar surface area (TPSA) is 34.9 Å². The Morgan fingerprint density at radius 1 is 0.870 bits per heavy atom. The Labute approximate surface area is 133 Å². The van der Waals surface area contributed by atoms with Crippen molar-refractivity contribution in [2.75, 3.05) is 0 Å². The minimum absolute atomic E-state index is 0.0104. The molecule has 1 aromatic heterocycles. The molecule has 0 saturated carbocycles. The zero-order valence-electron chi connectivity index (χ0n) is 12.9. The van der Waals surface area contributed by atoms with Crippen LogP contribution in [0.1, 0.15) is 12.7 Å². The Bertz CT molecular complexity index is 1070. The maximum Gasteiger partial charge on any atom is 0.265 e. The number of nitrogens with zero attached hydrogens (tertiary/aromatic N) is 2. The second-order valence-corrected chi connectivity index (χ2v) is 5.54. The largest absolute Gasteiger partial charge is 0.268 e. The molecule has 0 aliphatic heterocycles. The van der Waals surface area contributed by atoms with Gasteiger partial charge in [0.1, 0.15) is 5.82 Å². The van der Waals surface area contributed by atoms with Crippen LogP contribution < -0.4 is 5.56 Å². The second-order valence-electron chi connectivity index (χ2n) is 5.54. The summed E-state index contributed by atoms with van der Waals surface area (Å²) in [6, 6.07) is 21.7. The van der Waals surface area contributed by atoms with E-state index >= 15 is 0 Å². The van der Waals surface area contributed by atoms with Gasteiger partial charge in [-0.25, -0.2) is 4.98 Å². The minimum atomic E-state index is -0.0104. The molecule has 0 bridgehead atoms. The number of fused-ring (bicyclic) bond motifs is 2. The molecule has 23 heavy (non-hydrogen) atoms. The molecule has 0 radical (unpaired) electrons. The van der Waals surface area contributed by atoms with E-state index in [1.807, 2.05) is 61.5 Å². The second kappa shape index (κ2) is 5.36. The summed E-state index contributed by atoms with van der Waals surface area (Å²) in [5.41, 5.74) is 1.64. The third kappa shape index (κ3) is 2.13. The van der Waals surface area contributed by atoms with E-state index in [1.165, 1.54) is 0 Å². The molecule has 0 saturated heterocycles. The van der Waals surface area contributed by atoms with E-state index in [-0.39, 0.29) is 5.56 Å². The third-order valence-electron chi connectivity index (χ3n) is 4.17. The van der Waals surface area contributed by atoms with Crippen LogP contribution >= 0.6 is 0 Å². The average molecular weight is 300 g/mol. The Kier molecular flexibility index (Phi) is 3.19. The predicted molar refractivity (Wildman–Crippen MR) is 94.2 cm³/mol. The first-order chi connectivity index (χ1) is 11.3. The van der Waals surface area contributed by atoms with Gasteiger partial charge in [-0.2, -0.15) is 0 Å². The van der Waals surface area contributed by atoms with Crippen molar-refractivity contribution in [1.82, 2.24) is 9.55 Å². The maximum absolute atomic E-state index is 13.1. The van der Waals surface area contributed by atoms with Gasteiger partial charge in [0.15, 0.2) is 0 Å². The summed E-state index contributed by atoms with van der Waals surface area (Å²) in [6.07, 6.45) is 0.698. The zero-order valence-corrected chi connectivity index (χ0v) is 12.9.